The Morgan fingerprint density at radius 1 is 1.63 bits per heavy atom. The predicted octanol–water partition coefficient (Wildman–Crippen LogP) is -0.302. The van der Waals surface area contributed by atoms with Gasteiger partial charge in [-0.3, -0.25) is 4.98 Å². The van der Waals surface area contributed by atoms with E-state index in [2.05, 4.69) is 14.6 Å². The molecule has 1 fully saturated rings. The van der Waals surface area contributed by atoms with Crippen LogP contribution in [0.4, 0.5) is 0 Å². The van der Waals surface area contributed by atoms with E-state index in [1.165, 1.54) is 12.3 Å². The van der Waals surface area contributed by atoms with Crippen molar-refractivity contribution >= 4 is 27.2 Å². The lowest BCUT2D eigenvalue weighted by Gasteiger charge is -2.14. The SMILES string of the molecule is CN1CCC(NS(=O)(=O)c2cccnc2C(N)=S)C1. The average Bonchev–Trinajstić information content (AvgIpc) is 2.74. The molecule has 0 spiro atoms. The lowest BCUT2D eigenvalue weighted by Crippen LogP contribution is -2.37. The number of hydrogen-bond acceptors (Lipinski definition) is 5. The van der Waals surface area contributed by atoms with Gasteiger partial charge in [0.25, 0.3) is 0 Å². The maximum Gasteiger partial charge on any atom is 0.243 e. The highest BCUT2D eigenvalue weighted by Crippen LogP contribution is 2.15. The third kappa shape index (κ3) is 3.27. The molecule has 3 N–H and O–H groups in total. The summed E-state index contributed by atoms with van der Waals surface area (Å²) in [7, 11) is -1.69. The number of likely N-dealkylation sites (tertiary alicyclic amines) is 1. The van der Waals surface area contributed by atoms with Gasteiger partial charge in [0.05, 0.1) is 0 Å². The van der Waals surface area contributed by atoms with Crippen molar-refractivity contribution in [1.29, 1.82) is 0 Å². The molecule has 6 nitrogen and oxygen atoms in total. The van der Waals surface area contributed by atoms with Crippen molar-refractivity contribution in [3.8, 4) is 0 Å². The van der Waals surface area contributed by atoms with Crippen molar-refractivity contribution in [2.24, 2.45) is 5.73 Å². The summed E-state index contributed by atoms with van der Waals surface area (Å²) in [5, 5.41) is 0. The van der Waals surface area contributed by atoms with Gasteiger partial charge in [0.2, 0.25) is 10.0 Å². The molecule has 19 heavy (non-hydrogen) atoms. The average molecular weight is 300 g/mol. The number of aromatic nitrogens is 1. The number of thiocarbonyl (C=S) groups is 1. The molecule has 2 rings (SSSR count). The molecule has 1 atom stereocenters. The van der Waals surface area contributed by atoms with Gasteiger partial charge in [0.15, 0.2) is 0 Å². The van der Waals surface area contributed by atoms with Gasteiger partial charge in [-0.15, -0.1) is 0 Å². The Balaban J connectivity index is 2.27. The fourth-order valence-corrected chi connectivity index (χ4v) is 3.77. The number of pyridine rings is 1. The van der Waals surface area contributed by atoms with Gasteiger partial charge in [0, 0.05) is 18.8 Å². The minimum absolute atomic E-state index is 0.0236. The molecule has 8 heteroatoms. The predicted molar refractivity (Wildman–Crippen MR) is 76.3 cm³/mol. The lowest BCUT2D eigenvalue weighted by atomic mass is 10.3. The van der Waals surface area contributed by atoms with E-state index in [9.17, 15) is 8.42 Å². The maximum absolute atomic E-state index is 12.3. The van der Waals surface area contributed by atoms with Crippen LogP contribution in [0.3, 0.4) is 0 Å². The first-order valence-corrected chi connectivity index (χ1v) is 7.75. The van der Waals surface area contributed by atoms with Crippen molar-refractivity contribution in [3.05, 3.63) is 24.0 Å². The zero-order valence-electron chi connectivity index (χ0n) is 10.5. The fourth-order valence-electron chi connectivity index (χ4n) is 2.11. The van der Waals surface area contributed by atoms with E-state index in [0.29, 0.717) is 6.54 Å². The van der Waals surface area contributed by atoms with Crippen LogP contribution in [0.5, 0.6) is 0 Å². The molecule has 1 aromatic heterocycles. The molecular formula is C11H16N4O2S2. The van der Waals surface area contributed by atoms with Gasteiger partial charge in [0.1, 0.15) is 15.6 Å². The molecule has 1 saturated heterocycles. The van der Waals surface area contributed by atoms with E-state index in [1.54, 1.807) is 6.07 Å². The van der Waals surface area contributed by atoms with E-state index in [4.69, 9.17) is 18.0 Å². The Hall–Kier alpha value is -1.09. The van der Waals surface area contributed by atoms with Gasteiger partial charge < -0.3 is 10.6 Å². The number of nitrogens with two attached hydrogens (primary N) is 1. The first kappa shape index (κ1) is 14.3. The van der Waals surface area contributed by atoms with Crippen molar-refractivity contribution in [3.63, 3.8) is 0 Å². The molecule has 1 aromatic rings. The molecule has 0 amide bonds. The number of hydrogen-bond donors (Lipinski definition) is 2. The van der Waals surface area contributed by atoms with E-state index < -0.39 is 10.0 Å². The summed E-state index contributed by atoms with van der Waals surface area (Å²) in [6, 6.07) is 2.92. The third-order valence-electron chi connectivity index (χ3n) is 3.01. The zero-order chi connectivity index (χ0) is 14.0. The van der Waals surface area contributed by atoms with Crippen LogP contribution in [-0.4, -0.2) is 49.5 Å². The highest BCUT2D eigenvalue weighted by atomic mass is 32.2. The molecule has 1 unspecified atom stereocenters. The first-order valence-electron chi connectivity index (χ1n) is 5.86. The van der Waals surface area contributed by atoms with E-state index >= 15 is 0 Å². The minimum atomic E-state index is -3.65. The van der Waals surface area contributed by atoms with Crippen LogP contribution in [-0.2, 0) is 10.0 Å². The molecule has 104 valence electrons. The summed E-state index contributed by atoms with van der Waals surface area (Å²) in [6.07, 6.45) is 2.26. The molecule has 0 bridgehead atoms. The van der Waals surface area contributed by atoms with Crippen LogP contribution in [0.2, 0.25) is 0 Å². The molecule has 0 aromatic carbocycles. The summed E-state index contributed by atoms with van der Waals surface area (Å²) < 4.78 is 27.3. The molecule has 2 heterocycles. The van der Waals surface area contributed by atoms with Gasteiger partial charge in [-0.05, 0) is 32.1 Å². The number of rotatable bonds is 4. The molecule has 1 aliphatic rings. The van der Waals surface area contributed by atoms with Gasteiger partial charge in [-0.1, -0.05) is 12.2 Å². The number of sulfonamides is 1. The summed E-state index contributed by atoms with van der Waals surface area (Å²) in [5.41, 5.74) is 5.65. The Labute approximate surface area is 118 Å². The van der Waals surface area contributed by atoms with Gasteiger partial charge in [-0.25, -0.2) is 13.1 Å². The first-order chi connectivity index (χ1) is 8.90. The monoisotopic (exact) mass is 300 g/mol. The summed E-state index contributed by atoms with van der Waals surface area (Å²) >= 11 is 4.83. The van der Waals surface area contributed by atoms with Crippen molar-refractivity contribution in [2.45, 2.75) is 17.4 Å². The molecule has 0 aliphatic carbocycles. The van der Waals surface area contributed by atoms with E-state index in [1.807, 2.05) is 7.05 Å². The van der Waals surface area contributed by atoms with E-state index in [0.717, 1.165) is 13.0 Å². The standard InChI is InChI=1S/C11H16N4O2S2/c1-15-6-4-8(7-15)14-19(16,17)9-3-2-5-13-10(9)11(12)18/h2-3,5,8,14H,4,6-7H2,1H3,(H2,12,18). The van der Waals surface area contributed by atoms with Crippen molar-refractivity contribution in [2.75, 3.05) is 20.1 Å². The number of likely N-dealkylation sites (N-methyl/N-ethyl adjacent to an activating group) is 1. The zero-order valence-corrected chi connectivity index (χ0v) is 12.2. The van der Waals surface area contributed by atoms with Crippen LogP contribution >= 0.6 is 12.2 Å². The van der Waals surface area contributed by atoms with Crippen LogP contribution in [0.25, 0.3) is 0 Å². The fraction of sp³-hybridized carbons (Fsp3) is 0.455. The Morgan fingerprint density at radius 2 is 2.37 bits per heavy atom. The molecule has 1 aliphatic heterocycles. The van der Waals surface area contributed by atoms with Crippen LogP contribution in [0, 0.1) is 0 Å². The highest BCUT2D eigenvalue weighted by Gasteiger charge is 2.27. The smallest absolute Gasteiger partial charge is 0.243 e. The highest BCUT2D eigenvalue weighted by molar-refractivity contribution is 7.89. The van der Waals surface area contributed by atoms with Crippen LogP contribution in [0.1, 0.15) is 12.1 Å². The normalized spacial score (nSPS) is 20.6. The second-order valence-corrected chi connectivity index (χ2v) is 6.71. The Kier molecular flexibility index (Phi) is 4.14. The minimum Gasteiger partial charge on any atom is -0.388 e. The maximum atomic E-state index is 12.3. The number of nitrogens with one attached hydrogen (secondary N) is 1. The lowest BCUT2D eigenvalue weighted by molar-refractivity contribution is 0.407. The summed E-state index contributed by atoms with van der Waals surface area (Å²) in [5.74, 6) is 0. The van der Waals surface area contributed by atoms with Crippen molar-refractivity contribution < 1.29 is 8.42 Å². The Bertz CT molecular complexity index is 588. The second kappa shape index (κ2) is 5.49. The third-order valence-corrected chi connectivity index (χ3v) is 4.75. The molecule has 0 saturated carbocycles. The van der Waals surface area contributed by atoms with E-state index in [-0.39, 0.29) is 21.6 Å². The number of nitrogens with zero attached hydrogens (tertiary/aromatic N) is 2. The summed E-state index contributed by atoms with van der Waals surface area (Å²) in [6.45, 7) is 1.57. The largest absolute Gasteiger partial charge is 0.388 e. The van der Waals surface area contributed by atoms with Crippen LogP contribution < -0.4 is 10.5 Å². The summed E-state index contributed by atoms with van der Waals surface area (Å²) in [4.78, 5) is 6.03. The van der Waals surface area contributed by atoms with Crippen molar-refractivity contribution in [1.82, 2.24) is 14.6 Å². The molecule has 0 radical (unpaired) electrons. The second-order valence-electron chi connectivity index (χ2n) is 4.58. The quantitative estimate of drug-likeness (QED) is 0.742. The molecular weight excluding hydrogens is 284 g/mol. The topological polar surface area (TPSA) is 88.3 Å². The Morgan fingerprint density at radius 3 is 2.95 bits per heavy atom. The van der Waals surface area contributed by atoms with Crippen LogP contribution in [0.15, 0.2) is 23.2 Å². The van der Waals surface area contributed by atoms with Gasteiger partial charge >= 0.3 is 0 Å². The van der Waals surface area contributed by atoms with Gasteiger partial charge in [-0.2, -0.15) is 0 Å².